The first-order valence-electron chi connectivity index (χ1n) is 19.0. The van der Waals surface area contributed by atoms with Crippen LogP contribution in [0.2, 0.25) is 0 Å². The average Bonchev–Trinajstić information content (AvgIpc) is 3.91. The molecule has 256 valence electrons. The highest BCUT2D eigenvalue weighted by Crippen LogP contribution is 2.51. The van der Waals surface area contributed by atoms with Crippen LogP contribution in [0.5, 0.6) is 0 Å². The average molecular weight is 716 g/mol. The molecule has 1 nitrogen and oxygen atoms in total. The second kappa shape index (κ2) is 11.9. The maximum atomic E-state index is 2.46. The fourth-order valence-corrected chi connectivity index (χ4v) is 10.7. The molecular weight excluding hydrogens is 683 g/mol. The Labute approximate surface area is 323 Å². The van der Waals surface area contributed by atoms with Gasteiger partial charge in [0.2, 0.25) is 0 Å². The first-order valence-corrected chi connectivity index (χ1v) is 19.9. The summed E-state index contributed by atoms with van der Waals surface area (Å²) in [4.78, 5) is 0. The minimum Gasteiger partial charge on any atom is -0.309 e. The van der Waals surface area contributed by atoms with Crippen molar-refractivity contribution in [2.45, 2.75) is 5.92 Å². The zero-order valence-electron chi connectivity index (χ0n) is 29.9. The molecule has 0 saturated carbocycles. The van der Waals surface area contributed by atoms with Gasteiger partial charge in [-0.3, -0.25) is 0 Å². The molecule has 0 spiro atoms. The maximum absolute atomic E-state index is 2.46. The highest BCUT2D eigenvalue weighted by molar-refractivity contribution is 7.26. The molecular formula is C53H33NS. The molecule has 0 amide bonds. The number of rotatable bonds is 4. The number of hydrogen-bond acceptors (Lipinski definition) is 1. The Bertz CT molecular complexity index is 3300. The molecule has 1 aliphatic carbocycles. The summed E-state index contributed by atoms with van der Waals surface area (Å²) in [6.45, 7) is 0. The number of nitrogens with zero attached hydrogens (tertiary/aromatic N) is 1. The molecule has 2 heterocycles. The fraction of sp³-hybridized carbons (Fsp3) is 0.0189. The number of fused-ring (bicyclic) bond motifs is 11. The van der Waals surface area contributed by atoms with E-state index in [2.05, 4.69) is 199 Å². The summed E-state index contributed by atoms with van der Waals surface area (Å²) in [7, 11) is 0. The molecule has 0 aliphatic heterocycles. The van der Waals surface area contributed by atoms with Crippen LogP contribution in [0.1, 0.15) is 22.6 Å². The van der Waals surface area contributed by atoms with Gasteiger partial charge in [0.15, 0.2) is 0 Å². The predicted octanol–water partition coefficient (Wildman–Crippen LogP) is 14.8. The molecule has 1 aliphatic rings. The van der Waals surface area contributed by atoms with Crippen LogP contribution >= 0.6 is 11.3 Å². The van der Waals surface area contributed by atoms with E-state index in [4.69, 9.17) is 0 Å². The Morgan fingerprint density at radius 2 is 1.04 bits per heavy atom. The summed E-state index contributed by atoms with van der Waals surface area (Å²) < 4.78 is 5.13. The van der Waals surface area contributed by atoms with Gasteiger partial charge in [0.05, 0.1) is 11.0 Å². The van der Waals surface area contributed by atoms with Crippen LogP contribution < -0.4 is 0 Å². The van der Waals surface area contributed by atoms with Gasteiger partial charge in [-0.1, -0.05) is 152 Å². The molecule has 0 saturated heterocycles. The lowest BCUT2D eigenvalue weighted by Crippen LogP contribution is -2.00. The molecule has 11 aromatic rings. The lowest BCUT2D eigenvalue weighted by molar-refractivity contribution is 1.03. The summed E-state index contributed by atoms with van der Waals surface area (Å²) in [5.41, 5.74) is 15.4. The van der Waals surface area contributed by atoms with Crippen molar-refractivity contribution in [3.63, 3.8) is 0 Å². The van der Waals surface area contributed by atoms with E-state index < -0.39 is 0 Å². The van der Waals surface area contributed by atoms with E-state index >= 15 is 0 Å². The number of benzene rings is 9. The van der Waals surface area contributed by atoms with Crippen LogP contribution in [0.3, 0.4) is 0 Å². The largest absolute Gasteiger partial charge is 0.309 e. The van der Waals surface area contributed by atoms with Crippen LogP contribution in [0, 0.1) is 0 Å². The van der Waals surface area contributed by atoms with Crippen LogP contribution in [0.25, 0.3) is 91.8 Å². The topological polar surface area (TPSA) is 4.93 Å². The first-order chi connectivity index (χ1) is 27.3. The predicted molar refractivity (Wildman–Crippen MR) is 235 cm³/mol. The molecule has 55 heavy (non-hydrogen) atoms. The van der Waals surface area contributed by atoms with E-state index in [0.29, 0.717) is 0 Å². The molecule has 0 radical (unpaired) electrons. The second-order valence-electron chi connectivity index (χ2n) is 14.8. The lowest BCUT2D eigenvalue weighted by atomic mass is 9.86. The van der Waals surface area contributed by atoms with Crippen molar-refractivity contribution in [1.82, 2.24) is 4.57 Å². The highest BCUT2D eigenvalue weighted by atomic mass is 32.1. The zero-order valence-corrected chi connectivity index (χ0v) is 30.7. The maximum Gasteiger partial charge on any atom is 0.0555 e. The molecule has 2 aromatic heterocycles. The van der Waals surface area contributed by atoms with Gasteiger partial charge in [-0.05, 0) is 103 Å². The molecule has 1 unspecified atom stereocenters. The molecule has 0 fully saturated rings. The van der Waals surface area contributed by atoms with Gasteiger partial charge in [-0.15, -0.1) is 11.3 Å². The van der Waals surface area contributed by atoms with E-state index in [9.17, 15) is 0 Å². The third kappa shape index (κ3) is 4.59. The van der Waals surface area contributed by atoms with Gasteiger partial charge < -0.3 is 4.57 Å². The van der Waals surface area contributed by atoms with Crippen LogP contribution in [-0.4, -0.2) is 4.57 Å². The number of aromatic nitrogens is 1. The quantitative estimate of drug-likeness (QED) is 0.171. The van der Waals surface area contributed by atoms with Crippen LogP contribution in [0.4, 0.5) is 0 Å². The van der Waals surface area contributed by atoms with Crippen molar-refractivity contribution in [2.24, 2.45) is 0 Å². The van der Waals surface area contributed by atoms with E-state index in [-0.39, 0.29) is 5.92 Å². The van der Waals surface area contributed by atoms with Crippen molar-refractivity contribution < 1.29 is 0 Å². The van der Waals surface area contributed by atoms with Gasteiger partial charge in [-0.2, -0.15) is 0 Å². The first kappa shape index (κ1) is 30.7. The minimum absolute atomic E-state index is 0.196. The van der Waals surface area contributed by atoms with Crippen molar-refractivity contribution in [1.29, 1.82) is 0 Å². The lowest BCUT2D eigenvalue weighted by Gasteiger charge is -2.17. The van der Waals surface area contributed by atoms with Gasteiger partial charge in [0.25, 0.3) is 0 Å². The Balaban J connectivity index is 1.06. The third-order valence-electron chi connectivity index (χ3n) is 11.9. The Hall–Kier alpha value is -6.74. The fourth-order valence-electron chi connectivity index (χ4n) is 9.40. The van der Waals surface area contributed by atoms with E-state index in [1.54, 1.807) is 0 Å². The Morgan fingerprint density at radius 1 is 0.382 bits per heavy atom. The molecule has 12 rings (SSSR count). The molecule has 1 atom stereocenters. The highest BCUT2D eigenvalue weighted by Gasteiger charge is 2.31. The Kier molecular flexibility index (Phi) is 6.63. The van der Waals surface area contributed by atoms with Crippen molar-refractivity contribution in [3.05, 3.63) is 211 Å². The molecule has 9 aromatic carbocycles. The van der Waals surface area contributed by atoms with Gasteiger partial charge in [0.1, 0.15) is 0 Å². The summed E-state index contributed by atoms with van der Waals surface area (Å²) >= 11 is 1.91. The normalized spacial score (nSPS) is 13.6. The van der Waals surface area contributed by atoms with Gasteiger partial charge in [-0.25, -0.2) is 0 Å². The smallest absolute Gasteiger partial charge is 0.0555 e. The van der Waals surface area contributed by atoms with Crippen molar-refractivity contribution in [2.75, 3.05) is 0 Å². The zero-order chi connectivity index (χ0) is 36.0. The van der Waals surface area contributed by atoms with E-state index in [0.717, 1.165) is 0 Å². The van der Waals surface area contributed by atoms with Gasteiger partial charge in [0, 0.05) is 42.6 Å². The standard InChI is InChI=1S/C53H33NS/c1-2-11-33(12-3-1)34-21-25-38(26-22-34)54-48-29-24-37(32-47(48)52-49(54)30-28-45-41-17-8-9-20-50(41)55-53(45)52)36-23-27-44-46(31-36)40-16-6-7-18-43(40)51(44)42-19-10-14-35-13-4-5-15-39(35)42/h1-32,51H. The summed E-state index contributed by atoms with van der Waals surface area (Å²) in [5.74, 6) is 0.196. The van der Waals surface area contributed by atoms with Crippen LogP contribution in [0.15, 0.2) is 194 Å². The van der Waals surface area contributed by atoms with E-state index in [1.807, 2.05) is 11.3 Å². The van der Waals surface area contributed by atoms with Crippen molar-refractivity contribution in [3.8, 4) is 39.1 Å². The van der Waals surface area contributed by atoms with E-state index in [1.165, 1.54) is 109 Å². The number of hydrogen-bond donors (Lipinski definition) is 0. The summed E-state index contributed by atoms with van der Waals surface area (Å²) in [6.07, 6.45) is 0. The molecule has 2 heteroatoms. The monoisotopic (exact) mass is 715 g/mol. The minimum atomic E-state index is 0.196. The Morgan fingerprint density at radius 3 is 1.95 bits per heavy atom. The molecule has 0 N–H and O–H groups in total. The SMILES string of the molecule is c1ccc(-c2ccc(-n3c4ccc(-c5ccc6c(c5)-c5ccccc5C6c5cccc6ccccc56)cc4c4c5sc6ccccc6c5ccc43)cc2)cc1. The van der Waals surface area contributed by atoms with Crippen molar-refractivity contribution >= 4 is 64.1 Å². The summed E-state index contributed by atoms with van der Waals surface area (Å²) in [5, 5.41) is 7.87. The second-order valence-corrected chi connectivity index (χ2v) is 15.9. The molecule has 0 bridgehead atoms. The third-order valence-corrected chi connectivity index (χ3v) is 13.1. The summed E-state index contributed by atoms with van der Waals surface area (Å²) in [6, 6.07) is 72.0. The van der Waals surface area contributed by atoms with Gasteiger partial charge >= 0.3 is 0 Å². The van der Waals surface area contributed by atoms with Crippen LogP contribution in [-0.2, 0) is 0 Å². The number of thiophene rings is 1.